The number of nitrogens with one attached hydrogen (secondary N) is 1. The topological polar surface area (TPSA) is 124 Å². The van der Waals surface area contributed by atoms with Gasteiger partial charge in [0.1, 0.15) is 5.56 Å². The van der Waals surface area contributed by atoms with E-state index in [9.17, 15) is 9.59 Å². The van der Waals surface area contributed by atoms with E-state index in [2.05, 4.69) is 20.6 Å². The Morgan fingerprint density at radius 1 is 1.32 bits per heavy atom. The van der Waals surface area contributed by atoms with Crippen molar-refractivity contribution in [2.45, 2.75) is 6.92 Å². The number of halogens is 1. The summed E-state index contributed by atoms with van der Waals surface area (Å²) in [6, 6.07) is 6.72. The van der Waals surface area contributed by atoms with Crippen molar-refractivity contribution in [3.8, 4) is 0 Å². The number of para-hydroxylation sites is 1. The molecule has 0 saturated heterocycles. The Bertz CT molecular complexity index is 971. The molecule has 128 valence electrons. The summed E-state index contributed by atoms with van der Waals surface area (Å²) >= 11 is 6.01. The van der Waals surface area contributed by atoms with Gasteiger partial charge in [0.2, 0.25) is 0 Å². The molecule has 0 unspecified atom stereocenters. The fourth-order valence-electron chi connectivity index (χ4n) is 2.12. The van der Waals surface area contributed by atoms with Gasteiger partial charge in [-0.15, -0.1) is 10.2 Å². The number of carbonyl (C=O) groups is 2. The molecule has 0 fully saturated rings. The first-order valence-corrected chi connectivity index (χ1v) is 7.63. The molecule has 1 aromatic carbocycles. The van der Waals surface area contributed by atoms with Crippen molar-refractivity contribution >= 4 is 40.6 Å². The second-order valence-electron chi connectivity index (χ2n) is 4.88. The van der Waals surface area contributed by atoms with Crippen LogP contribution in [-0.4, -0.2) is 38.3 Å². The number of hydrogen-bond acceptors (Lipinski definition) is 7. The van der Waals surface area contributed by atoms with Gasteiger partial charge in [0, 0.05) is 0 Å². The van der Waals surface area contributed by atoms with Crippen molar-refractivity contribution in [3.05, 3.63) is 46.7 Å². The number of benzene rings is 1. The van der Waals surface area contributed by atoms with Crippen LogP contribution in [-0.2, 0) is 4.74 Å². The van der Waals surface area contributed by atoms with Crippen LogP contribution in [0.1, 0.15) is 27.8 Å². The molecule has 0 atom stereocenters. The summed E-state index contributed by atoms with van der Waals surface area (Å²) in [6.45, 7) is 1.89. The highest BCUT2D eigenvalue weighted by Gasteiger charge is 2.22. The molecule has 10 heteroatoms. The van der Waals surface area contributed by atoms with Crippen molar-refractivity contribution in [1.82, 2.24) is 19.8 Å². The molecular formula is C15H13ClN6O3. The molecule has 3 aromatic rings. The number of rotatable bonds is 4. The number of fused-ring (bicyclic) bond motifs is 1. The van der Waals surface area contributed by atoms with Crippen LogP contribution in [0.2, 0.25) is 5.02 Å². The lowest BCUT2D eigenvalue weighted by Crippen LogP contribution is -2.19. The predicted molar refractivity (Wildman–Crippen MR) is 90.6 cm³/mol. The van der Waals surface area contributed by atoms with E-state index in [-0.39, 0.29) is 29.3 Å². The number of nitrogen functional groups attached to an aromatic ring is 1. The van der Waals surface area contributed by atoms with E-state index in [0.717, 1.165) is 4.52 Å². The molecule has 9 nitrogen and oxygen atoms in total. The average molecular weight is 361 g/mol. The lowest BCUT2D eigenvalue weighted by Gasteiger charge is -2.08. The molecular weight excluding hydrogens is 348 g/mol. The normalized spacial score (nSPS) is 10.6. The molecule has 0 aliphatic heterocycles. The first-order valence-electron chi connectivity index (χ1n) is 7.25. The van der Waals surface area contributed by atoms with Crippen molar-refractivity contribution in [2.24, 2.45) is 0 Å². The van der Waals surface area contributed by atoms with E-state index in [0.29, 0.717) is 10.7 Å². The van der Waals surface area contributed by atoms with Crippen LogP contribution in [0.5, 0.6) is 0 Å². The van der Waals surface area contributed by atoms with E-state index in [4.69, 9.17) is 22.1 Å². The highest BCUT2D eigenvalue weighted by molar-refractivity contribution is 6.33. The van der Waals surface area contributed by atoms with Crippen LogP contribution in [0.4, 0.5) is 11.5 Å². The lowest BCUT2D eigenvalue weighted by atomic mass is 10.3. The Kier molecular flexibility index (Phi) is 4.48. The minimum atomic E-state index is -0.604. The van der Waals surface area contributed by atoms with Gasteiger partial charge in [-0.25, -0.2) is 4.79 Å². The Morgan fingerprint density at radius 2 is 2.08 bits per heavy atom. The highest BCUT2D eigenvalue weighted by Crippen LogP contribution is 2.22. The second kappa shape index (κ2) is 6.73. The minimum absolute atomic E-state index is 0.0647. The fraction of sp³-hybridized carbons (Fsp3) is 0.133. The van der Waals surface area contributed by atoms with Gasteiger partial charge < -0.3 is 15.8 Å². The maximum absolute atomic E-state index is 12.4. The van der Waals surface area contributed by atoms with Gasteiger partial charge in [0.25, 0.3) is 5.91 Å². The van der Waals surface area contributed by atoms with Crippen LogP contribution < -0.4 is 11.1 Å². The van der Waals surface area contributed by atoms with E-state index in [1.165, 1.54) is 6.20 Å². The number of ether oxygens (including phenoxy) is 1. The summed E-state index contributed by atoms with van der Waals surface area (Å²) in [6.07, 6.45) is 1.26. The van der Waals surface area contributed by atoms with Crippen LogP contribution in [0.15, 0.2) is 30.5 Å². The van der Waals surface area contributed by atoms with Crippen molar-refractivity contribution in [3.63, 3.8) is 0 Å². The molecule has 25 heavy (non-hydrogen) atoms. The molecule has 0 aliphatic carbocycles. The predicted octanol–water partition coefficient (Wildman–Crippen LogP) is 1.79. The van der Waals surface area contributed by atoms with Crippen LogP contribution in [0.3, 0.4) is 0 Å². The smallest absolute Gasteiger partial charge is 0.343 e. The van der Waals surface area contributed by atoms with Crippen molar-refractivity contribution in [2.75, 3.05) is 17.7 Å². The molecule has 1 amide bonds. The molecule has 0 bridgehead atoms. The number of aromatic nitrogens is 4. The number of nitrogens with zero attached hydrogens (tertiary/aromatic N) is 4. The van der Waals surface area contributed by atoms with E-state index in [1.807, 2.05) is 0 Å². The summed E-state index contributed by atoms with van der Waals surface area (Å²) in [5.41, 5.74) is 6.42. The molecule has 3 rings (SSSR count). The fourth-order valence-corrected chi connectivity index (χ4v) is 2.31. The minimum Gasteiger partial charge on any atom is -0.462 e. The molecule has 3 N–H and O–H groups in total. The summed E-state index contributed by atoms with van der Waals surface area (Å²) in [5.74, 6) is -1.27. The average Bonchev–Trinajstić information content (AvgIpc) is 3.02. The number of amides is 1. The lowest BCUT2D eigenvalue weighted by molar-refractivity contribution is 0.0528. The van der Waals surface area contributed by atoms with Gasteiger partial charge in [-0.1, -0.05) is 23.7 Å². The highest BCUT2D eigenvalue weighted by atomic mass is 35.5. The van der Waals surface area contributed by atoms with Crippen LogP contribution >= 0.6 is 11.6 Å². The van der Waals surface area contributed by atoms with Gasteiger partial charge in [0.05, 0.1) is 23.5 Å². The van der Waals surface area contributed by atoms with Gasteiger partial charge in [-0.2, -0.15) is 9.61 Å². The second-order valence-corrected chi connectivity index (χ2v) is 5.29. The summed E-state index contributed by atoms with van der Waals surface area (Å²) in [5, 5.41) is 14.6. The van der Waals surface area contributed by atoms with E-state index >= 15 is 0 Å². The third-order valence-corrected chi connectivity index (χ3v) is 3.62. The quantitative estimate of drug-likeness (QED) is 0.679. The molecule has 0 saturated carbocycles. The van der Waals surface area contributed by atoms with E-state index < -0.39 is 11.9 Å². The third kappa shape index (κ3) is 3.09. The van der Waals surface area contributed by atoms with Gasteiger partial charge >= 0.3 is 5.97 Å². The zero-order valence-corrected chi connectivity index (χ0v) is 13.8. The standard InChI is InChI=1S/C15H13ClN6O3/c1-2-25-15(24)8-7-18-22-12(17)11(20-21-13(8)22)14(23)19-10-6-4-3-5-9(10)16/h3-7H,2,17H2,1H3,(H,19,23). The SMILES string of the molecule is CCOC(=O)c1cnn2c(N)c(C(=O)Nc3ccccc3Cl)nnc12. The largest absolute Gasteiger partial charge is 0.462 e. The van der Waals surface area contributed by atoms with E-state index in [1.54, 1.807) is 31.2 Å². The Morgan fingerprint density at radius 3 is 2.80 bits per heavy atom. The Hall–Kier alpha value is -3.20. The molecule has 2 aromatic heterocycles. The van der Waals surface area contributed by atoms with Crippen LogP contribution in [0, 0.1) is 0 Å². The summed E-state index contributed by atoms with van der Waals surface area (Å²) < 4.78 is 6.06. The number of nitrogens with two attached hydrogens (primary N) is 1. The Labute approximate surface area is 146 Å². The third-order valence-electron chi connectivity index (χ3n) is 3.29. The molecule has 0 aliphatic rings. The Balaban J connectivity index is 1.95. The number of carbonyl (C=O) groups excluding carboxylic acids is 2. The number of anilines is 2. The zero-order chi connectivity index (χ0) is 18.0. The zero-order valence-electron chi connectivity index (χ0n) is 13.1. The number of hydrogen-bond donors (Lipinski definition) is 2. The van der Waals surface area contributed by atoms with Gasteiger partial charge in [-0.3, -0.25) is 4.79 Å². The molecule has 0 spiro atoms. The van der Waals surface area contributed by atoms with Crippen molar-refractivity contribution in [1.29, 1.82) is 0 Å². The molecule has 0 radical (unpaired) electrons. The first kappa shape index (κ1) is 16.7. The maximum Gasteiger partial charge on any atom is 0.343 e. The van der Waals surface area contributed by atoms with Gasteiger partial charge in [0.15, 0.2) is 17.2 Å². The van der Waals surface area contributed by atoms with Crippen LogP contribution in [0.25, 0.3) is 5.65 Å². The van der Waals surface area contributed by atoms with Gasteiger partial charge in [-0.05, 0) is 19.1 Å². The first-order chi connectivity index (χ1) is 12.0. The van der Waals surface area contributed by atoms with Crippen molar-refractivity contribution < 1.29 is 14.3 Å². The summed E-state index contributed by atoms with van der Waals surface area (Å²) in [4.78, 5) is 24.2. The maximum atomic E-state index is 12.4. The molecule has 2 heterocycles. The summed E-state index contributed by atoms with van der Waals surface area (Å²) in [7, 11) is 0. The monoisotopic (exact) mass is 360 g/mol. The number of esters is 1.